The molecule has 0 unspecified atom stereocenters. The van der Waals surface area contributed by atoms with E-state index >= 15 is 0 Å². The number of carbonyl (C=O) groups excluding carboxylic acids is 3. The third kappa shape index (κ3) is 3.64. The Morgan fingerprint density at radius 3 is 2.12 bits per heavy atom. The first-order valence-electron chi connectivity index (χ1n) is 6.98. The summed E-state index contributed by atoms with van der Waals surface area (Å²) < 4.78 is 54.8. The predicted molar refractivity (Wildman–Crippen MR) is 77.4 cm³/mol. The van der Waals surface area contributed by atoms with Gasteiger partial charge in [-0.2, -0.15) is 0 Å². The molecule has 26 heavy (non-hydrogen) atoms. The van der Waals surface area contributed by atoms with Gasteiger partial charge in [0.1, 0.15) is 5.69 Å². The van der Waals surface area contributed by atoms with E-state index in [9.17, 15) is 31.9 Å². The zero-order chi connectivity index (χ0) is 19.4. The molecule has 2 rings (SSSR count). The summed E-state index contributed by atoms with van der Waals surface area (Å²) in [6.45, 7) is -1.18. The van der Waals surface area contributed by atoms with E-state index in [0.717, 1.165) is 17.1 Å². The van der Waals surface area contributed by atoms with Crippen molar-refractivity contribution in [2.75, 3.05) is 6.54 Å². The molecule has 1 aliphatic rings. The summed E-state index contributed by atoms with van der Waals surface area (Å²) in [5.41, 5.74) is 5.58. The van der Waals surface area contributed by atoms with E-state index in [1.165, 1.54) is 0 Å². The van der Waals surface area contributed by atoms with Crippen LogP contribution in [-0.2, 0) is 20.9 Å². The van der Waals surface area contributed by atoms with Crippen LogP contribution in [0.3, 0.4) is 0 Å². The second-order valence-corrected chi connectivity index (χ2v) is 4.96. The summed E-state index contributed by atoms with van der Waals surface area (Å²) in [6.07, 6.45) is 1.65. The number of hydrogen-bond donors (Lipinski definition) is 1. The van der Waals surface area contributed by atoms with Crippen molar-refractivity contribution in [3.8, 4) is 0 Å². The molecule has 0 bridgehead atoms. The fourth-order valence-electron chi connectivity index (χ4n) is 2.09. The van der Waals surface area contributed by atoms with E-state index in [4.69, 9.17) is 5.53 Å². The molecule has 12 heteroatoms. The van der Waals surface area contributed by atoms with Crippen LogP contribution in [0.4, 0.5) is 23.2 Å². The third-order valence-corrected chi connectivity index (χ3v) is 3.40. The van der Waals surface area contributed by atoms with Crippen LogP contribution in [0.25, 0.3) is 10.4 Å². The minimum Gasteiger partial charge on any atom is -0.352 e. The Bertz CT molecular complexity index is 833. The number of rotatable bonds is 6. The summed E-state index contributed by atoms with van der Waals surface area (Å²) in [4.78, 5) is 37.1. The highest BCUT2D eigenvalue weighted by molar-refractivity contribution is 6.13. The van der Waals surface area contributed by atoms with Crippen LogP contribution in [0.1, 0.15) is 12.0 Å². The summed E-state index contributed by atoms with van der Waals surface area (Å²) in [5.74, 6) is -9.48. The quantitative estimate of drug-likeness (QED) is 0.206. The molecule has 0 saturated heterocycles. The van der Waals surface area contributed by atoms with Gasteiger partial charge in [-0.25, -0.2) is 17.6 Å². The first-order valence-corrected chi connectivity index (χ1v) is 6.98. The molecular weight excluding hydrogens is 362 g/mol. The average molecular weight is 371 g/mol. The first kappa shape index (κ1) is 18.9. The summed E-state index contributed by atoms with van der Waals surface area (Å²) in [5, 5.41) is 4.55. The Morgan fingerprint density at radius 1 is 1.08 bits per heavy atom. The Labute approximate surface area is 142 Å². The van der Waals surface area contributed by atoms with Crippen molar-refractivity contribution < 1.29 is 31.9 Å². The molecule has 136 valence electrons. The van der Waals surface area contributed by atoms with Gasteiger partial charge < -0.3 is 5.32 Å². The second-order valence-electron chi connectivity index (χ2n) is 4.96. The van der Waals surface area contributed by atoms with Crippen molar-refractivity contribution in [2.45, 2.75) is 13.0 Å². The Kier molecular flexibility index (Phi) is 5.58. The highest BCUT2D eigenvalue weighted by Gasteiger charge is 2.26. The molecule has 0 aliphatic carbocycles. The first-order chi connectivity index (χ1) is 12.3. The Hall–Kier alpha value is -3.40. The lowest BCUT2D eigenvalue weighted by Crippen LogP contribution is -2.34. The van der Waals surface area contributed by atoms with Gasteiger partial charge in [0.25, 0.3) is 11.8 Å². The standard InChI is InChI=1S/C14H9F4N5O3/c15-10-6(11(16)13(18)14(12(10)17)21-22-19)5-20-7(24)3-4-23-8(25)1-2-9(23)26/h1-2H,3-5H2,(H,20,24). The summed E-state index contributed by atoms with van der Waals surface area (Å²) in [6, 6.07) is 0. The molecule has 1 heterocycles. The molecular formula is C14H9F4N5O3. The maximum Gasteiger partial charge on any atom is 0.253 e. The number of amides is 3. The third-order valence-electron chi connectivity index (χ3n) is 3.40. The van der Waals surface area contributed by atoms with Gasteiger partial charge in [0.05, 0.1) is 0 Å². The van der Waals surface area contributed by atoms with Gasteiger partial charge in [0.15, 0.2) is 23.3 Å². The minimum atomic E-state index is -1.90. The predicted octanol–water partition coefficient (Wildman–Crippen LogP) is 2.12. The van der Waals surface area contributed by atoms with Crippen LogP contribution < -0.4 is 5.32 Å². The van der Waals surface area contributed by atoms with E-state index in [0.29, 0.717) is 0 Å². The van der Waals surface area contributed by atoms with E-state index in [2.05, 4.69) is 10.0 Å². The van der Waals surface area contributed by atoms with E-state index in [1.807, 2.05) is 5.32 Å². The SMILES string of the molecule is [N-]=[N+]=Nc1c(F)c(F)c(CNC(=O)CCN2C(=O)C=CC2=O)c(F)c1F. The largest absolute Gasteiger partial charge is 0.352 e. The summed E-state index contributed by atoms with van der Waals surface area (Å²) in [7, 11) is 0. The van der Waals surface area contributed by atoms with E-state index in [1.54, 1.807) is 0 Å². The highest BCUT2D eigenvalue weighted by atomic mass is 19.2. The fourth-order valence-corrected chi connectivity index (χ4v) is 2.09. The number of carbonyl (C=O) groups is 3. The maximum atomic E-state index is 13.8. The van der Waals surface area contributed by atoms with Gasteiger partial charge in [-0.3, -0.25) is 19.3 Å². The topological polar surface area (TPSA) is 115 Å². The van der Waals surface area contributed by atoms with Crippen LogP contribution in [0.15, 0.2) is 17.3 Å². The normalized spacial score (nSPS) is 13.2. The van der Waals surface area contributed by atoms with Crippen molar-refractivity contribution in [1.82, 2.24) is 10.2 Å². The van der Waals surface area contributed by atoms with E-state index in [-0.39, 0.29) is 13.0 Å². The molecule has 1 aliphatic heterocycles. The Balaban J connectivity index is 2.05. The number of halogens is 4. The molecule has 3 amide bonds. The van der Waals surface area contributed by atoms with Crippen LogP contribution in [0.2, 0.25) is 0 Å². The lowest BCUT2D eigenvalue weighted by Gasteiger charge is -2.14. The zero-order valence-electron chi connectivity index (χ0n) is 12.8. The highest BCUT2D eigenvalue weighted by Crippen LogP contribution is 2.30. The lowest BCUT2D eigenvalue weighted by molar-refractivity contribution is -0.137. The molecule has 0 spiro atoms. The molecule has 8 nitrogen and oxygen atoms in total. The zero-order valence-corrected chi connectivity index (χ0v) is 12.8. The molecule has 0 radical (unpaired) electrons. The van der Waals surface area contributed by atoms with Gasteiger partial charge in [0, 0.05) is 42.1 Å². The minimum absolute atomic E-state index is 0.278. The fraction of sp³-hybridized carbons (Fsp3) is 0.214. The average Bonchev–Trinajstić information content (AvgIpc) is 2.93. The van der Waals surface area contributed by atoms with Gasteiger partial charge in [-0.15, -0.1) is 0 Å². The number of nitrogens with zero attached hydrogens (tertiary/aromatic N) is 4. The van der Waals surface area contributed by atoms with Gasteiger partial charge >= 0.3 is 0 Å². The number of benzene rings is 1. The molecule has 0 atom stereocenters. The van der Waals surface area contributed by atoms with Crippen molar-refractivity contribution >= 4 is 23.4 Å². The molecule has 1 aromatic rings. The molecule has 0 fully saturated rings. The van der Waals surface area contributed by atoms with Crippen LogP contribution in [0, 0.1) is 23.3 Å². The lowest BCUT2D eigenvalue weighted by atomic mass is 10.1. The van der Waals surface area contributed by atoms with Crippen molar-refractivity contribution in [1.29, 1.82) is 0 Å². The number of imide groups is 1. The Morgan fingerprint density at radius 2 is 1.62 bits per heavy atom. The van der Waals surface area contributed by atoms with Crippen LogP contribution >= 0.6 is 0 Å². The molecule has 0 aromatic heterocycles. The van der Waals surface area contributed by atoms with Gasteiger partial charge in [0.2, 0.25) is 5.91 Å². The molecule has 1 aromatic carbocycles. The van der Waals surface area contributed by atoms with Crippen molar-refractivity contribution in [2.24, 2.45) is 5.11 Å². The summed E-state index contributed by atoms with van der Waals surface area (Å²) >= 11 is 0. The molecule has 1 N–H and O–H groups in total. The number of azide groups is 1. The second kappa shape index (κ2) is 7.66. The smallest absolute Gasteiger partial charge is 0.253 e. The van der Waals surface area contributed by atoms with Crippen molar-refractivity contribution in [3.05, 3.63) is 51.4 Å². The van der Waals surface area contributed by atoms with Gasteiger partial charge in [-0.05, 0) is 5.53 Å². The van der Waals surface area contributed by atoms with Crippen LogP contribution in [0.5, 0.6) is 0 Å². The number of hydrogen-bond acceptors (Lipinski definition) is 4. The van der Waals surface area contributed by atoms with Crippen LogP contribution in [-0.4, -0.2) is 29.2 Å². The molecule has 0 saturated carbocycles. The van der Waals surface area contributed by atoms with E-state index < -0.39 is 58.8 Å². The maximum absolute atomic E-state index is 13.8. The van der Waals surface area contributed by atoms with Crippen molar-refractivity contribution in [3.63, 3.8) is 0 Å². The monoisotopic (exact) mass is 371 g/mol. The van der Waals surface area contributed by atoms with Gasteiger partial charge in [-0.1, -0.05) is 5.11 Å². The number of nitrogens with one attached hydrogen (secondary N) is 1.